The van der Waals surface area contributed by atoms with Crippen LogP contribution in [0.5, 0.6) is 0 Å². The molecular formula is C13H15ClO5S. The minimum absolute atomic E-state index is 0.145. The van der Waals surface area contributed by atoms with Crippen LogP contribution in [0.25, 0.3) is 0 Å². The van der Waals surface area contributed by atoms with E-state index in [1.807, 2.05) is 0 Å². The highest BCUT2D eigenvalue weighted by Gasteiger charge is 2.74. The number of aliphatic carboxylic acids is 1. The Balaban J connectivity index is 2.49. The van der Waals surface area contributed by atoms with Crippen molar-refractivity contribution in [1.82, 2.24) is 0 Å². The molecule has 0 bridgehead atoms. The van der Waals surface area contributed by atoms with Crippen molar-refractivity contribution >= 4 is 27.4 Å². The first-order valence-electron chi connectivity index (χ1n) is 5.92. The first-order chi connectivity index (χ1) is 9.25. The third kappa shape index (κ3) is 2.32. The van der Waals surface area contributed by atoms with E-state index >= 15 is 0 Å². The van der Waals surface area contributed by atoms with Gasteiger partial charge in [0, 0.05) is 24.3 Å². The van der Waals surface area contributed by atoms with Gasteiger partial charge < -0.3 is 9.84 Å². The van der Waals surface area contributed by atoms with Crippen molar-refractivity contribution in [2.24, 2.45) is 5.41 Å². The largest absolute Gasteiger partial charge is 0.481 e. The quantitative estimate of drug-likeness (QED) is 0.891. The van der Waals surface area contributed by atoms with Crippen LogP contribution in [0.1, 0.15) is 11.5 Å². The summed E-state index contributed by atoms with van der Waals surface area (Å²) < 4.78 is 28.7. The molecule has 1 aliphatic carbocycles. The summed E-state index contributed by atoms with van der Waals surface area (Å²) in [5.41, 5.74) is -0.778. The average molecular weight is 319 g/mol. The molecule has 7 heteroatoms. The molecule has 0 unspecified atom stereocenters. The van der Waals surface area contributed by atoms with Crippen molar-refractivity contribution < 1.29 is 23.1 Å². The third-order valence-electron chi connectivity index (χ3n) is 3.73. The summed E-state index contributed by atoms with van der Waals surface area (Å²) in [7, 11) is -2.14. The Kier molecular flexibility index (Phi) is 3.83. The fourth-order valence-corrected chi connectivity index (χ4v) is 4.92. The predicted octanol–water partition coefficient (Wildman–Crippen LogP) is 1.57. The van der Waals surface area contributed by atoms with Crippen LogP contribution < -0.4 is 0 Å². The Bertz CT molecular complexity index is 625. The van der Waals surface area contributed by atoms with Crippen molar-refractivity contribution in [3.05, 3.63) is 34.9 Å². The predicted molar refractivity (Wildman–Crippen MR) is 74.8 cm³/mol. The molecule has 3 atom stereocenters. The third-order valence-corrected chi connectivity index (χ3v) is 5.60. The Labute approximate surface area is 122 Å². The summed E-state index contributed by atoms with van der Waals surface area (Å²) in [4.78, 5) is 11.6. The smallest absolute Gasteiger partial charge is 0.314 e. The zero-order chi connectivity index (χ0) is 15.1. The molecule has 1 aromatic rings. The molecule has 0 radical (unpaired) electrons. The van der Waals surface area contributed by atoms with Gasteiger partial charge in [-0.15, -0.1) is 0 Å². The number of carbonyl (C=O) groups is 1. The SMILES string of the molecule is COC[C@@]1(C(=O)O)[C@@H](c2ccc(Cl)cc2)[C@@H]1S(C)(=O)=O. The minimum atomic E-state index is -3.51. The zero-order valence-corrected chi connectivity index (χ0v) is 12.6. The monoisotopic (exact) mass is 318 g/mol. The molecule has 0 aliphatic heterocycles. The minimum Gasteiger partial charge on any atom is -0.481 e. The van der Waals surface area contributed by atoms with Crippen LogP contribution in [0.4, 0.5) is 0 Å². The number of carboxylic acid groups (broad SMARTS) is 1. The number of hydrogen-bond donors (Lipinski definition) is 1. The molecule has 0 aromatic heterocycles. The van der Waals surface area contributed by atoms with E-state index in [2.05, 4.69) is 0 Å². The Morgan fingerprint density at radius 2 is 1.95 bits per heavy atom. The molecule has 0 spiro atoms. The first kappa shape index (κ1) is 15.3. The molecule has 110 valence electrons. The topological polar surface area (TPSA) is 80.7 Å². The van der Waals surface area contributed by atoms with Crippen LogP contribution in [0.15, 0.2) is 24.3 Å². The highest BCUT2D eigenvalue weighted by atomic mass is 35.5. The van der Waals surface area contributed by atoms with Crippen LogP contribution in [0.3, 0.4) is 0 Å². The van der Waals surface area contributed by atoms with Gasteiger partial charge in [-0.3, -0.25) is 4.79 Å². The van der Waals surface area contributed by atoms with E-state index in [1.165, 1.54) is 7.11 Å². The maximum absolute atomic E-state index is 11.9. The number of methoxy groups -OCH3 is 1. The van der Waals surface area contributed by atoms with E-state index in [-0.39, 0.29) is 6.61 Å². The van der Waals surface area contributed by atoms with Gasteiger partial charge in [-0.2, -0.15) is 0 Å². The van der Waals surface area contributed by atoms with E-state index in [4.69, 9.17) is 16.3 Å². The molecule has 1 aromatic carbocycles. The lowest BCUT2D eigenvalue weighted by Gasteiger charge is -2.11. The van der Waals surface area contributed by atoms with Crippen molar-refractivity contribution in [2.45, 2.75) is 11.2 Å². The van der Waals surface area contributed by atoms with Gasteiger partial charge in [0.15, 0.2) is 9.84 Å². The maximum atomic E-state index is 11.9. The molecule has 5 nitrogen and oxygen atoms in total. The maximum Gasteiger partial charge on any atom is 0.314 e. The Morgan fingerprint density at radius 1 is 1.40 bits per heavy atom. The summed E-state index contributed by atoms with van der Waals surface area (Å²) >= 11 is 5.80. The van der Waals surface area contributed by atoms with Gasteiger partial charge in [-0.25, -0.2) is 8.42 Å². The van der Waals surface area contributed by atoms with Crippen molar-refractivity contribution in [1.29, 1.82) is 0 Å². The van der Waals surface area contributed by atoms with Gasteiger partial charge >= 0.3 is 5.97 Å². The number of carboxylic acids is 1. The molecule has 1 N–H and O–H groups in total. The van der Waals surface area contributed by atoms with Gasteiger partial charge in [0.1, 0.15) is 5.41 Å². The molecule has 1 fully saturated rings. The lowest BCUT2D eigenvalue weighted by atomic mass is 10.0. The number of hydrogen-bond acceptors (Lipinski definition) is 4. The van der Waals surface area contributed by atoms with Crippen LogP contribution >= 0.6 is 11.6 Å². The van der Waals surface area contributed by atoms with E-state index in [1.54, 1.807) is 24.3 Å². The second-order valence-corrected chi connectivity index (χ2v) is 7.66. The zero-order valence-electron chi connectivity index (χ0n) is 11.0. The molecular weight excluding hydrogens is 304 g/mol. The standard InChI is InChI=1S/C13H15ClO5S/c1-19-7-13(12(15)16)10(11(13)20(2,17)18)8-3-5-9(14)6-4-8/h3-6,10-11H,7H2,1-2H3,(H,15,16)/t10-,11-,13+/m0/s1. The van der Waals surface area contributed by atoms with Gasteiger partial charge in [0.05, 0.1) is 11.9 Å². The molecule has 2 rings (SSSR count). The van der Waals surface area contributed by atoms with Gasteiger partial charge in [0.2, 0.25) is 0 Å². The second-order valence-electron chi connectivity index (χ2n) is 5.06. The summed E-state index contributed by atoms with van der Waals surface area (Å²) in [6.07, 6.45) is 1.06. The summed E-state index contributed by atoms with van der Waals surface area (Å²) in [5, 5.41) is 9.02. The Hall–Kier alpha value is -1.11. The molecule has 0 amide bonds. The van der Waals surface area contributed by atoms with E-state index in [0.717, 1.165) is 6.26 Å². The molecule has 1 saturated carbocycles. The summed E-state index contributed by atoms with van der Waals surface area (Å²) in [6.45, 7) is -0.145. The van der Waals surface area contributed by atoms with Gasteiger partial charge in [-0.05, 0) is 17.7 Å². The van der Waals surface area contributed by atoms with Gasteiger partial charge in [0.25, 0.3) is 0 Å². The molecule has 0 heterocycles. The van der Waals surface area contributed by atoms with Crippen molar-refractivity contribution in [3.8, 4) is 0 Å². The number of benzene rings is 1. The number of sulfone groups is 1. The van der Waals surface area contributed by atoms with Crippen LogP contribution in [0.2, 0.25) is 5.02 Å². The first-order valence-corrected chi connectivity index (χ1v) is 8.25. The highest BCUT2D eigenvalue weighted by Crippen LogP contribution is 2.63. The van der Waals surface area contributed by atoms with Crippen LogP contribution in [-0.2, 0) is 19.4 Å². The number of rotatable bonds is 5. The van der Waals surface area contributed by atoms with Crippen molar-refractivity contribution in [2.75, 3.05) is 20.0 Å². The van der Waals surface area contributed by atoms with Crippen LogP contribution in [0, 0.1) is 5.41 Å². The van der Waals surface area contributed by atoms with Gasteiger partial charge in [-0.1, -0.05) is 23.7 Å². The van der Waals surface area contributed by atoms with Crippen molar-refractivity contribution in [3.63, 3.8) is 0 Å². The molecule has 0 saturated heterocycles. The normalized spacial score (nSPS) is 29.1. The lowest BCUT2D eigenvalue weighted by Crippen LogP contribution is -2.28. The fourth-order valence-electron chi connectivity index (χ4n) is 2.90. The summed E-state index contributed by atoms with van der Waals surface area (Å²) in [6, 6.07) is 6.55. The van der Waals surface area contributed by atoms with Crippen LogP contribution in [-0.4, -0.2) is 44.7 Å². The Morgan fingerprint density at radius 3 is 2.35 bits per heavy atom. The molecule has 20 heavy (non-hydrogen) atoms. The molecule has 1 aliphatic rings. The highest BCUT2D eigenvalue weighted by molar-refractivity contribution is 7.91. The average Bonchev–Trinajstić information content (AvgIpc) is 3.01. The number of ether oxygens (including phenoxy) is 1. The summed E-state index contributed by atoms with van der Waals surface area (Å²) in [5.74, 6) is -1.78. The lowest BCUT2D eigenvalue weighted by molar-refractivity contribution is -0.145. The van der Waals surface area contributed by atoms with E-state index in [9.17, 15) is 18.3 Å². The van der Waals surface area contributed by atoms with E-state index in [0.29, 0.717) is 10.6 Å². The number of halogens is 1. The fraction of sp³-hybridized carbons (Fsp3) is 0.462. The second kappa shape index (κ2) is 5.02. The van der Waals surface area contributed by atoms with E-state index < -0.39 is 32.4 Å².